The summed E-state index contributed by atoms with van der Waals surface area (Å²) < 4.78 is 20.1. The molecule has 0 saturated carbocycles. The molecule has 2 heterocycles. The lowest BCUT2D eigenvalue weighted by Crippen LogP contribution is -2.30. The van der Waals surface area contributed by atoms with Crippen LogP contribution in [0.5, 0.6) is 0 Å². The molecule has 3 N–H and O–H groups in total. The Morgan fingerprint density at radius 2 is 1.87 bits per heavy atom. The first-order chi connectivity index (χ1) is 18.3. The number of nitrogens with one attached hydrogen (secondary N) is 2. The summed E-state index contributed by atoms with van der Waals surface area (Å²) in [6.45, 7) is 3.80. The van der Waals surface area contributed by atoms with Gasteiger partial charge in [-0.25, -0.2) is 9.37 Å². The number of aliphatic carboxylic acids is 1. The maximum Gasteiger partial charge on any atom is 0.325 e. The van der Waals surface area contributed by atoms with Gasteiger partial charge in [0.25, 0.3) is 5.91 Å². The third-order valence-corrected chi connectivity index (χ3v) is 5.85. The molecule has 0 aliphatic heterocycles. The summed E-state index contributed by atoms with van der Waals surface area (Å²) >= 11 is 0. The van der Waals surface area contributed by atoms with Crippen molar-refractivity contribution in [2.24, 2.45) is 0 Å². The minimum Gasteiger partial charge on any atom is -0.481 e. The number of esters is 1. The number of halogens is 1. The summed E-state index contributed by atoms with van der Waals surface area (Å²) in [5.74, 6) is -2.09. The van der Waals surface area contributed by atoms with Crippen molar-refractivity contribution < 1.29 is 28.6 Å². The van der Waals surface area contributed by atoms with Crippen molar-refractivity contribution in [1.82, 2.24) is 14.7 Å². The highest BCUT2D eigenvalue weighted by Crippen LogP contribution is 2.31. The van der Waals surface area contributed by atoms with Crippen molar-refractivity contribution in [3.63, 3.8) is 0 Å². The Hall–Kier alpha value is -4.73. The van der Waals surface area contributed by atoms with Crippen LogP contribution in [0, 0.1) is 12.7 Å². The molecule has 1 atom stereocenters. The zero-order valence-electron chi connectivity index (χ0n) is 20.9. The van der Waals surface area contributed by atoms with Crippen LogP contribution in [0.4, 0.5) is 10.2 Å². The third kappa shape index (κ3) is 5.97. The number of imidazole rings is 1. The number of carbonyl (C=O) groups is 3. The van der Waals surface area contributed by atoms with Crippen molar-refractivity contribution in [1.29, 1.82) is 0 Å². The van der Waals surface area contributed by atoms with Gasteiger partial charge in [0, 0.05) is 11.8 Å². The zero-order valence-corrected chi connectivity index (χ0v) is 20.9. The van der Waals surface area contributed by atoms with Crippen LogP contribution in [-0.4, -0.2) is 45.5 Å². The lowest BCUT2D eigenvalue weighted by Gasteiger charge is -2.18. The number of ether oxygens (including phenoxy) is 1. The first kappa shape index (κ1) is 26.3. The number of fused-ring (bicyclic) bond motifs is 1. The smallest absolute Gasteiger partial charge is 0.325 e. The van der Waals surface area contributed by atoms with Crippen molar-refractivity contribution in [3.05, 3.63) is 89.4 Å². The number of nitrogens with zero attached hydrogens (tertiary/aromatic N) is 2. The van der Waals surface area contributed by atoms with E-state index in [9.17, 15) is 23.9 Å². The Balaban J connectivity index is 1.75. The standard InChI is InChI=1S/C28H27FN4O5/c1-3-38-24(36)16-30-27-25(19-7-4-6-17(2)14-19)32-26-21(8-5-13-33(26)27)28(37)31-22(15-23(34)35)18-9-11-20(29)12-10-18/h4-14,22,30H,3,15-16H2,1-2H3,(H,31,37)(H,34,35). The molecule has 1 unspecified atom stereocenters. The second kappa shape index (κ2) is 11.5. The minimum atomic E-state index is -1.12. The predicted octanol–water partition coefficient (Wildman–Crippen LogP) is 4.37. The van der Waals surface area contributed by atoms with E-state index >= 15 is 0 Å². The number of hydrogen-bond donors (Lipinski definition) is 3. The first-order valence-corrected chi connectivity index (χ1v) is 12.0. The quantitative estimate of drug-likeness (QED) is 0.267. The molecule has 0 saturated heterocycles. The van der Waals surface area contributed by atoms with Gasteiger partial charge < -0.3 is 20.5 Å². The molecule has 0 spiro atoms. The van der Waals surface area contributed by atoms with Crippen LogP contribution in [-0.2, 0) is 14.3 Å². The monoisotopic (exact) mass is 518 g/mol. The van der Waals surface area contributed by atoms with E-state index in [-0.39, 0.29) is 18.7 Å². The van der Waals surface area contributed by atoms with Gasteiger partial charge >= 0.3 is 11.9 Å². The highest BCUT2D eigenvalue weighted by atomic mass is 19.1. The maximum absolute atomic E-state index is 13.4. The van der Waals surface area contributed by atoms with Gasteiger partial charge in [-0.3, -0.25) is 18.8 Å². The molecule has 4 aromatic rings. The number of carboxylic acid groups (broad SMARTS) is 1. The number of hydrogen-bond acceptors (Lipinski definition) is 6. The molecular formula is C28H27FN4O5. The summed E-state index contributed by atoms with van der Waals surface area (Å²) in [5.41, 5.74) is 3.27. The van der Waals surface area contributed by atoms with Crippen molar-refractivity contribution in [3.8, 4) is 11.3 Å². The Morgan fingerprint density at radius 1 is 1.11 bits per heavy atom. The lowest BCUT2D eigenvalue weighted by molar-refractivity contribution is -0.141. The molecule has 0 radical (unpaired) electrons. The number of rotatable bonds is 10. The number of anilines is 1. The molecule has 4 rings (SSSR count). The van der Waals surface area contributed by atoms with Gasteiger partial charge in [0.15, 0.2) is 5.65 Å². The number of aryl methyl sites for hydroxylation is 1. The number of carboxylic acids is 1. The van der Waals surface area contributed by atoms with E-state index in [0.29, 0.717) is 22.7 Å². The van der Waals surface area contributed by atoms with Crippen LogP contribution >= 0.6 is 0 Å². The summed E-state index contributed by atoms with van der Waals surface area (Å²) in [7, 11) is 0. The highest BCUT2D eigenvalue weighted by molar-refractivity contribution is 6.01. The molecular weight excluding hydrogens is 491 g/mol. The van der Waals surface area contributed by atoms with Crippen molar-refractivity contribution >= 4 is 29.3 Å². The lowest BCUT2D eigenvalue weighted by atomic mass is 10.0. The fraction of sp³-hybridized carbons (Fsp3) is 0.214. The Bertz CT molecular complexity index is 1480. The predicted molar refractivity (Wildman–Crippen MR) is 139 cm³/mol. The molecule has 0 aliphatic rings. The second-order valence-corrected chi connectivity index (χ2v) is 8.63. The number of aromatic nitrogens is 2. The van der Waals surface area contributed by atoms with E-state index in [1.165, 1.54) is 24.3 Å². The summed E-state index contributed by atoms with van der Waals surface area (Å²) in [6, 6.07) is 15.3. The molecule has 0 fully saturated rings. The van der Waals surface area contributed by atoms with Crippen LogP contribution in [0.3, 0.4) is 0 Å². The average Bonchev–Trinajstić information content (AvgIpc) is 3.26. The van der Waals surface area contributed by atoms with E-state index in [1.54, 1.807) is 29.7 Å². The molecule has 2 aromatic heterocycles. The highest BCUT2D eigenvalue weighted by Gasteiger charge is 2.23. The fourth-order valence-corrected chi connectivity index (χ4v) is 4.13. The number of amides is 1. The van der Waals surface area contributed by atoms with Crippen LogP contribution < -0.4 is 10.6 Å². The largest absolute Gasteiger partial charge is 0.481 e. The Kier molecular flexibility index (Phi) is 8.00. The summed E-state index contributed by atoms with van der Waals surface area (Å²) in [4.78, 5) is 41.7. The van der Waals surface area contributed by atoms with Crippen LogP contribution in [0.15, 0.2) is 66.9 Å². The van der Waals surface area contributed by atoms with E-state index in [4.69, 9.17) is 9.72 Å². The first-order valence-electron chi connectivity index (χ1n) is 12.0. The maximum atomic E-state index is 13.4. The summed E-state index contributed by atoms with van der Waals surface area (Å²) in [6.07, 6.45) is 1.32. The van der Waals surface area contributed by atoms with Gasteiger partial charge in [-0.15, -0.1) is 0 Å². The van der Waals surface area contributed by atoms with E-state index < -0.39 is 36.1 Å². The summed E-state index contributed by atoms with van der Waals surface area (Å²) in [5, 5.41) is 15.2. The van der Waals surface area contributed by atoms with E-state index in [1.807, 2.05) is 31.2 Å². The number of benzene rings is 2. The van der Waals surface area contributed by atoms with Gasteiger partial charge in [0.1, 0.15) is 23.9 Å². The molecule has 196 valence electrons. The van der Waals surface area contributed by atoms with Crippen molar-refractivity contribution in [2.75, 3.05) is 18.5 Å². The molecule has 38 heavy (non-hydrogen) atoms. The molecule has 0 bridgehead atoms. The van der Waals surface area contributed by atoms with E-state index in [0.717, 1.165) is 11.1 Å². The third-order valence-electron chi connectivity index (χ3n) is 5.85. The number of pyridine rings is 1. The van der Waals surface area contributed by atoms with Crippen LogP contribution in [0.2, 0.25) is 0 Å². The average molecular weight is 519 g/mol. The molecule has 0 aliphatic carbocycles. The van der Waals surface area contributed by atoms with Gasteiger partial charge in [-0.2, -0.15) is 0 Å². The second-order valence-electron chi connectivity index (χ2n) is 8.63. The molecule has 1 amide bonds. The Labute approximate surface area is 218 Å². The van der Waals surface area contributed by atoms with Gasteiger partial charge in [0.2, 0.25) is 0 Å². The number of carbonyl (C=O) groups excluding carboxylic acids is 2. The molecule has 2 aromatic carbocycles. The van der Waals surface area contributed by atoms with Crippen LogP contribution in [0.1, 0.15) is 40.9 Å². The fourth-order valence-electron chi connectivity index (χ4n) is 4.13. The van der Waals surface area contributed by atoms with Crippen molar-refractivity contribution in [2.45, 2.75) is 26.3 Å². The van der Waals surface area contributed by atoms with E-state index in [2.05, 4.69) is 10.6 Å². The van der Waals surface area contributed by atoms with Gasteiger partial charge in [-0.1, -0.05) is 35.9 Å². The normalized spacial score (nSPS) is 11.7. The Morgan fingerprint density at radius 3 is 2.55 bits per heavy atom. The van der Waals surface area contributed by atoms with Gasteiger partial charge in [-0.05, 0) is 49.7 Å². The van der Waals surface area contributed by atoms with Gasteiger partial charge in [0.05, 0.1) is 24.6 Å². The minimum absolute atomic E-state index is 0.109. The molecule has 10 heteroatoms. The SMILES string of the molecule is CCOC(=O)CNc1c(-c2cccc(C)c2)nc2c(C(=O)NC(CC(=O)O)c3ccc(F)cc3)cccn12. The molecule has 9 nitrogen and oxygen atoms in total. The zero-order chi connectivity index (χ0) is 27.2. The van der Waals surface area contributed by atoms with Crippen LogP contribution in [0.25, 0.3) is 16.9 Å². The topological polar surface area (TPSA) is 122 Å².